The summed E-state index contributed by atoms with van der Waals surface area (Å²) in [6.45, 7) is 9.82. The van der Waals surface area contributed by atoms with Gasteiger partial charge in [0.1, 0.15) is 23.0 Å². The van der Waals surface area contributed by atoms with Gasteiger partial charge in [-0.15, -0.1) is 0 Å². The lowest BCUT2D eigenvalue weighted by Gasteiger charge is -2.30. The number of carbonyl (C=O) groups excluding carboxylic acids is 1. The Hall–Kier alpha value is -9.35. The summed E-state index contributed by atoms with van der Waals surface area (Å²) in [5, 5.41) is 37.3. The van der Waals surface area contributed by atoms with Gasteiger partial charge in [0.05, 0.1) is 98.8 Å². The van der Waals surface area contributed by atoms with Crippen LogP contribution in [0.25, 0.3) is 67.1 Å². The maximum Gasteiger partial charge on any atom is 0.237 e. The fourth-order valence-electron chi connectivity index (χ4n) is 11.4. The van der Waals surface area contributed by atoms with Crippen LogP contribution < -0.4 is 19.6 Å². The summed E-state index contributed by atoms with van der Waals surface area (Å²) in [5.74, 6) is 0.569. The topological polar surface area (TPSA) is 255 Å². The highest BCUT2D eigenvalue weighted by Gasteiger charge is 2.36. The van der Waals surface area contributed by atoms with Crippen molar-refractivity contribution in [2.24, 2.45) is 0 Å². The number of hydrogen-bond acceptors (Lipinski definition) is 17. The van der Waals surface area contributed by atoms with Crippen LogP contribution in [0.15, 0.2) is 73.1 Å². The van der Waals surface area contributed by atoms with Crippen LogP contribution in [-0.4, -0.2) is 129 Å². The average molecular weight is 1080 g/mol. The number of phenolic OH excluding ortho intramolecular Hbond substituents is 2. The van der Waals surface area contributed by atoms with Crippen LogP contribution >= 0.6 is 0 Å². The van der Waals surface area contributed by atoms with Crippen molar-refractivity contribution in [3.63, 3.8) is 0 Å². The van der Waals surface area contributed by atoms with Gasteiger partial charge in [0, 0.05) is 37.0 Å². The number of nitrogens with zero attached hydrogens (tertiary/aromatic N) is 12. The van der Waals surface area contributed by atoms with E-state index in [1.54, 1.807) is 12.4 Å². The first kappa shape index (κ1) is 49.0. The quantitative estimate of drug-likeness (QED) is 0.0636. The van der Waals surface area contributed by atoms with E-state index in [1.807, 2.05) is 60.0 Å². The highest BCUT2D eigenvalue weighted by Crippen LogP contribution is 2.39. The molecule has 2 saturated heterocycles. The van der Waals surface area contributed by atoms with Crippen molar-refractivity contribution in [3.05, 3.63) is 130 Å². The summed E-state index contributed by atoms with van der Waals surface area (Å²) >= 11 is 0. The molecule has 21 nitrogen and oxygen atoms in total. The summed E-state index contributed by atoms with van der Waals surface area (Å²) < 4.78 is 40.4. The molecular formula is C57H52F2N16O5. The van der Waals surface area contributed by atoms with Gasteiger partial charge in [0.15, 0.2) is 57.8 Å². The molecule has 23 heteroatoms. The number of imidazole rings is 2. The SMILES string of the molecule is CCc1cc(O)c(F)cc1-c1ccc2c(-c3nc4c([nH]3)CN(c3nc(N5CCOCC5)cnc3C(=O)c3ncc(N5CCOCC5)nc3N3Cc5nc(-c6n[nH]c7cc(-c8cc(F)c(O)cc8CC)ccc67)[nH]c5C3)C4)n[nH]c2c1. The van der Waals surface area contributed by atoms with Gasteiger partial charge >= 0.3 is 0 Å². The van der Waals surface area contributed by atoms with Crippen LogP contribution in [0.5, 0.6) is 11.5 Å². The van der Waals surface area contributed by atoms with E-state index in [0.717, 1.165) is 66.8 Å². The van der Waals surface area contributed by atoms with Crippen molar-refractivity contribution in [1.82, 2.24) is 60.3 Å². The maximum atomic E-state index is 15.4. The van der Waals surface area contributed by atoms with E-state index < -0.39 is 17.4 Å². The van der Waals surface area contributed by atoms with Gasteiger partial charge in [-0.25, -0.2) is 38.7 Å². The molecule has 14 rings (SSSR count). The summed E-state index contributed by atoms with van der Waals surface area (Å²) in [7, 11) is 0. The van der Waals surface area contributed by atoms with E-state index in [1.165, 1.54) is 24.3 Å². The van der Waals surface area contributed by atoms with Gasteiger partial charge in [-0.3, -0.25) is 15.0 Å². The Bertz CT molecular complexity index is 3800. The maximum absolute atomic E-state index is 15.4. The predicted octanol–water partition coefficient (Wildman–Crippen LogP) is 7.89. The Morgan fingerprint density at radius 3 is 1.43 bits per heavy atom. The summed E-state index contributed by atoms with van der Waals surface area (Å²) in [6.07, 6.45) is 4.50. The molecule has 6 N–H and O–H groups in total. The van der Waals surface area contributed by atoms with Gasteiger partial charge in [0.2, 0.25) is 5.78 Å². The van der Waals surface area contributed by atoms with Crippen LogP contribution in [0, 0.1) is 11.6 Å². The monoisotopic (exact) mass is 1080 g/mol. The molecule has 0 aliphatic carbocycles. The molecular weight excluding hydrogens is 1030 g/mol. The summed E-state index contributed by atoms with van der Waals surface area (Å²) in [6, 6.07) is 17.2. The third kappa shape index (κ3) is 8.47. The van der Waals surface area contributed by atoms with Gasteiger partial charge in [-0.1, -0.05) is 26.0 Å². The minimum Gasteiger partial charge on any atom is -0.505 e. The Kier molecular flexibility index (Phi) is 12.0. The number of nitrogens with one attached hydrogen (secondary N) is 4. The Morgan fingerprint density at radius 1 is 0.575 bits per heavy atom. The number of phenols is 2. The molecule has 80 heavy (non-hydrogen) atoms. The van der Waals surface area contributed by atoms with Crippen LogP contribution in [0.2, 0.25) is 0 Å². The van der Waals surface area contributed by atoms with E-state index in [-0.39, 0.29) is 22.9 Å². The molecule has 0 radical (unpaired) electrons. The third-order valence-electron chi connectivity index (χ3n) is 15.6. The van der Waals surface area contributed by atoms with E-state index >= 15 is 4.79 Å². The molecule has 0 saturated carbocycles. The molecule has 0 atom stereocenters. The van der Waals surface area contributed by atoms with E-state index in [2.05, 4.69) is 40.2 Å². The highest BCUT2D eigenvalue weighted by atomic mass is 19.1. The molecule has 0 spiro atoms. The number of carbonyl (C=O) groups is 1. The standard InChI is InChI=1S/C57H52F2N16O5/c1-3-29-19-45(76)37(58)21-35(29)31-5-7-33-39(17-31)68-70-49(33)54-62-41-25-74(26-42(41)63-54)56-51(60-23-47(66-56)72-9-13-79-14-10-72)53(78)52-57(67-48(24-61-52)73-11-15-80-16-12-73)75-27-43-44(28-75)65-55(64-43)50-34-8-6-32(18-40(34)69-71-50)36-22-38(59)46(77)20-30(36)4-2/h5-8,17-24,76-77H,3-4,9-16,25-28H2,1-2H3,(H,62,63)(H,64,65)(H,68,70)(H,69,71). The van der Waals surface area contributed by atoms with Crippen molar-refractivity contribution in [3.8, 4) is 56.8 Å². The number of aromatic hydroxyl groups is 2. The van der Waals surface area contributed by atoms with Crippen LogP contribution in [0.4, 0.5) is 32.1 Å². The molecule has 10 heterocycles. The lowest BCUT2D eigenvalue weighted by Crippen LogP contribution is -2.37. The van der Waals surface area contributed by atoms with Crippen molar-refractivity contribution in [2.45, 2.75) is 52.9 Å². The number of aryl methyl sites for hydroxylation is 2. The van der Waals surface area contributed by atoms with Crippen molar-refractivity contribution in [2.75, 3.05) is 72.2 Å². The molecule has 4 aliphatic rings. The normalized spacial score (nSPS) is 15.4. The summed E-state index contributed by atoms with van der Waals surface area (Å²) in [5.41, 5.74) is 10.8. The second-order valence-corrected chi connectivity index (χ2v) is 20.4. The average Bonchev–Trinajstić information content (AvgIpc) is 4.38. The molecule has 404 valence electrons. The Labute approximate surface area is 454 Å². The van der Waals surface area contributed by atoms with Crippen LogP contribution in [0.3, 0.4) is 0 Å². The number of anilines is 4. The lowest BCUT2D eigenvalue weighted by atomic mass is 9.96. The number of aromatic amines is 4. The molecule has 0 amide bonds. The highest BCUT2D eigenvalue weighted by molar-refractivity contribution is 6.12. The van der Waals surface area contributed by atoms with Gasteiger partial charge in [0.25, 0.3) is 0 Å². The molecule has 4 aromatic carbocycles. The molecule has 0 bridgehead atoms. The minimum absolute atomic E-state index is 0.115. The zero-order valence-corrected chi connectivity index (χ0v) is 43.6. The van der Waals surface area contributed by atoms with Crippen LogP contribution in [0.1, 0.15) is 63.9 Å². The van der Waals surface area contributed by atoms with Crippen molar-refractivity contribution in [1.29, 1.82) is 0 Å². The van der Waals surface area contributed by atoms with Crippen LogP contribution in [-0.2, 0) is 48.5 Å². The number of aromatic nitrogens is 12. The Morgan fingerprint density at radius 2 is 1.01 bits per heavy atom. The number of rotatable bonds is 12. The number of halogens is 2. The van der Waals surface area contributed by atoms with Crippen molar-refractivity contribution < 1.29 is 33.3 Å². The molecule has 0 unspecified atom stereocenters. The zero-order valence-electron chi connectivity index (χ0n) is 43.6. The number of morpholine rings is 2. The zero-order chi connectivity index (χ0) is 54.3. The van der Waals surface area contributed by atoms with Gasteiger partial charge in [-0.05, 0) is 94.8 Å². The minimum atomic E-state index is -0.682. The van der Waals surface area contributed by atoms with Crippen molar-refractivity contribution >= 4 is 50.9 Å². The largest absolute Gasteiger partial charge is 0.505 e. The van der Waals surface area contributed by atoms with E-state index in [0.29, 0.717) is 149 Å². The first-order chi connectivity index (χ1) is 39.0. The number of hydrogen-bond donors (Lipinski definition) is 6. The number of fused-ring (bicyclic) bond motifs is 4. The summed E-state index contributed by atoms with van der Waals surface area (Å²) in [4.78, 5) is 60.8. The molecule has 10 aromatic rings. The molecule has 6 aromatic heterocycles. The predicted molar refractivity (Wildman–Crippen MR) is 294 cm³/mol. The molecule has 2 fully saturated rings. The molecule has 4 aliphatic heterocycles. The second-order valence-electron chi connectivity index (χ2n) is 20.4. The first-order valence-corrected chi connectivity index (χ1v) is 26.7. The number of H-pyrrole nitrogens is 4. The number of benzene rings is 4. The van der Waals surface area contributed by atoms with Gasteiger partial charge < -0.3 is 49.3 Å². The first-order valence-electron chi connectivity index (χ1n) is 26.7. The smallest absolute Gasteiger partial charge is 0.237 e. The lowest BCUT2D eigenvalue weighted by molar-refractivity contribution is 0.102. The fourth-order valence-corrected chi connectivity index (χ4v) is 11.4. The fraction of sp³-hybridized carbons (Fsp3) is 0.281. The second kappa shape index (κ2) is 19.5. The number of ether oxygens (including phenoxy) is 2. The van der Waals surface area contributed by atoms with Gasteiger partial charge in [-0.2, -0.15) is 10.2 Å². The van der Waals surface area contributed by atoms with E-state index in [4.69, 9.17) is 39.4 Å². The number of ketones is 1. The van der Waals surface area contributed by atoms with E-state index in [9.17, 15) is 19.0 Å². The third-order valence-corrected chi connectivity index (χ3v) is 15.6. The Balaban J connectivity index is 0.763.